The van der Waals surface area contributed by atoms with Crippen LogP contribution in [0.2, 0.25) is 5.02 Å². The fourth-order valence-corrected chi connectivity index (χ4v) is 4.21. The molecule has 0 unspecified atom stereocenters. The molecule has 1 fully saturated rings. The summed E-state index contributed by atoms with van der Waals surface area (Å²) in [4.78, 5) is 4.83. The molecule has 1 saturated heterocycles. The van der Waals surface area contributed by atoms with Crippen molar-refractivity contribution in [1.29, 1.82) is 0 Å². The molecule has 1 aromatic heterocycles. The Morgan fingerprint density at radius 1 is 1.04 bits per heavy atom. The molecule has 1 aromatic carbocycles. The van der Waals surface area contributed by atoms with Gasteiger partial charge < -0.3 is 9.47 Å². The predicted octanol–water partition coefficient (Wildman–Crippen LogP) is 3.57. The molecule has 2 aromatic rings. The van der Waals surface area contributed by atoms with Crippen molar-refractivity contribution in [3.63, 3.8) is 0 Å². The molecule has 2 aliphatic heterocycles. The molecular weight excluding hydrogens is 354 g/mol. The third-order valence-corrected chi connectivity index (χ3v) is 5.83. The van der Waals surface area contributed by atoms with Crippen molar-refractivity contribution in [2.24, 2.45) is 0 Å². The number of benzene rings is 1. The number of piperazine rings is 1. The first-order valence-corrected chi connectivity index (χ1v) is 9.89. The molecule has 7 heteroatoms. The zero-order chi connectivity index (χ0) is 17.2. The average Bonchev–Trinajstić information content (AvgIpc) is 2.79. The lowest BCUT2D eigenvalue weighted by Gasteiger charge is -2.35. The van der Waals surface area contributed by atoms with E-state index in [1.165, 1.54) is 30.8 Å². The molecule has 0 saturated carbocycles. The number of rotatable bonds is 3. The van der Waals surface area contributed by atoms with E-state index in [4.69, 9.17) is 28.9 Å². The summed E-state index contributed by atoms with van der Waals surface area (Å²) in [5.74, 6) is 1.17. The van der Waals surface area contributed by atoms with E-state index in [0.29, 0.717) is 0 Å². The Hall–Kier alpha value is -1.37. The summed E-state index contributed by atoms with van der Waals surface area (Å²) in [5.41, 5.74) is 1.21. The van der Waals surface area contributed by atoms with Crippen LogP contribution < -0.4 is 4.90 Å². The average molecular weight is 378 g/mol. The molecule has 0 atom stereocenters. The Kier molecular flexibility index (Phi) is 5.10. The van der Waals surface area contributed by atoms with E-state index in [0.717, 1.165) is 55.6 Å². The highest BCUT2D eigenvalue weighted by Crippen LogP contribution is 2.21. The Bertz CT molecular complexity index is 791. The highest BCUT2D eigenvalue weighted by Gasteiger charge is 2.20. The lowest BCUT2D eigenvalue weighted by molar-refractivity contribution is 0.193. The van der Waals surface area contributed by atoms with Gasteiger partial charge in [0.1, 0.15) is 5.82 Å². The quantitative estimate of drug-likeness (QED) is 0.764. The Morgan fingerprint density at radius 2 is 1.88 bits per heavy atom. The third-order valence-electron chi connectivity index (χ3n) is 5.16. The van der Waals surface area contributed by atoms with Crippen LogP contribution in [0.3, 0.4) is 0 Å². The number of anilines is 1. The molecule has 25 heavy (non-hydrogen) atoms. The molecule has 3 heterocycles. The molecule has 0 aliphatic carbocycles. The van der Waals surface area contributed by atoms with Gasteiger partial charge in [-0.15, -0.1) is 0 Å². The molecule has 0 amide bonds. The summed E-state index contributed by atoms with van der Waals surface area (Å²) in [7, 11) is 0. The number of fused-ring (bicyclic) bond motifs is 1. The predicted molar refractivity (Wildman–Crippen MR) is 104 cm³/mol. The smallest absolute Gasteiger partial charge is 0.199 e. The van der Waals surface area contributed by atoms with Crippen molar-refractivity contribution in [3.8, 4) is 0 Å². The van der Waals surface area contributed by atoms with Gasteiger partial charge in [0, 0.05) is 49.9 Å². The minimum absolute atomic E-state index is 0.794. The van der Waals surface area contributed by atoms with Crippen LogP contribution in [0.1, 0.15) is 25.1 Å². The van der Waals surface area contributed by atoms with Crippen molar-refractivity contribution in [3.05, 3.63) is 39.9 Å². The maximum Gasteiger partial charge on any atom is 0.199 e. The molecule has 0 radical (unpaired) electrons. The van der Waals surface area contributed by atoms with Crippen LogP contribution in [0.15, 0.2) is 24.3 Å². The molecule has 134 valence electrons. The van der Waals surface area contributed by atoms with Gasteiger partial charge in [-0.1, -0.05) is 24.1 Å². The first-order valence-electron chi connectivity index (χ1n) is 9.10. The van der Waals surface area contributed by atoms with Crippen molar-refractivity contribution in [2.75, 3.05) is 31.1 Å². The maximum atomic E-state index is 6.12. The minimum atomic E-state index is 0.794. The van der Waals surface area contributed by atoms with Crippen molar-refractivity contribution in [2.45, 2.75) is 38.9 Å². The summed E-state index contributed by atoms with van der Waals surface area (Å²) in [6, 6.07) is 8.11. The fourth-order valence-electron chi connectivity index (χ4n) is 3.73. The van der Waals surface area contributed by atoms with Crippen LogP contribution in [0.4, 0.5) is 5.69 Å². The fraction of sp³-hybridized carbons (Fsp3) is 0.556. The second-order valence-corrected chi connectivity index (χ2v) is 7.69. The zero-order valence-electron chi connectivity index (χ0n) is 14.4. The number of halogens is 1. The van der Waals surface area contributed by atoms with Crippen LogP contribution in [0.25, 0.3) is 0 Å². The largest absolute Gasteiger partial charge is 0.369 e. The van der Waals surface area contributed by atoms with Gasteiger partial charge in [-0.05, 0) is 43.3 Å². The number of hydrogen-bond donors (Lipinski definition) is 0. The molecule has 5 nitrogen and oxygen atoms in total. The van der Waals surface area contributed by atoms with Gasteiger partial charge in [0.25, 0.3) is 0 Å². The second-order valence-electron chi connectivity index (χ2n) is 6.89. The first-order chi connectivity index (χ1) is 12.2. The Morgan fingerprint density at radius 3 is 2.68 bits per heavy atom. The van der Waals surface area contributed by atoms with Crippen LogP contribution >= 0.6 is 23.8 Å². The van der Waals surface area contributed by atoms with Crippen LogP contribution in [-0.2, 0) is 19.6 Å². The normalized spacial score (nSPS) is 18.8. The Labute approximate surface area is 158 Å². The van der Waals surface area contributed by atoms with E-state index in [1.807, 2.05) is 22.9 Å². The summed E-state index contributed by atoms with van der Waals surface area (Å²) < 4.78 is 5.14. The van der Waals surface area contributed by atoms with Crippen LogP contribution in [-0.4, -0.2) is 45.4 Å². The monoisotopic (exact) mass is 377 g/mol. The highest BCUT2D eigenvalue weighted by atomic mass is 35.5. The van der Waals surface area contributed by atoms with Crippen molar-refractivity contribution >= 4 is 29.5 Å². The number of hydrogen-bond acceptors (Lipinski definition) is 4. The minimum Gasteiger partial charge on any atom is -0.369 e. The van der Waals surface area contributed by atoms with Gasteiger partial charge in [-0.2, -0.15) is 5.10 Å². The number of nitrogens with zero attached hydrogens (tertiary/aromatic N) is 5. The van der Waals surface area contributed by atoms with E-state index in [1.54, 1.807) is 0 Å². The van der Waals surface area contributed by atoms with Crippen LogP contribution in [0, 0.1) is 4.77 Å². The standard InChI is InChI=1S/C18H24ClN5S/c19-15-5-4-6-16(13-15)22-11-9-21(10-12-22)14-24-18(25)23-8-3-1-2-7-17(23)20-24/h4-6,13H,1-3,7-12,14H2. The SMILES string of the molecule is S=c1n(CN2CCN(c3cccc(Cl)c3)CC2)nc2n1CCCCC2. The van der Waals surface area contributed by atoms with Crippen molar-refractivity contribution in [1.82, 2.24) is 19.2 Å². The highest BCUT2D eigenvalue weighted by molar-refractivity contribution is 7.71. The summed E-state index contributed by atoms with van der Waals surface area (Å²) in [6.45, 7) is 5.84. The van der Waals surface area contributed by atoms with E-state index < -0.39 is 0 Å². The van der Waals surface area contributed by atoms with Gasteiger partial charge in [-0.3, -0.25) is 4.90 Å². The molecule has 0 spiro atoms. The lowest BCUT2D eigenvalue weighted by atomic mass is 10.2. The molecule has 0 N–H and O–H groups in total. The molecule has 4 rings (SSSR count). The number of aryl methyl sites for hydroxylation is 1. The van der Waals surface area contributed by atoms with E-state index in [9.17, 15) is 0 Å². The topological polar surface area (TPSA) is 29.2 Å². The summed E-state index contributed by atoms with van der Waals surface area (Å²) >= 11 is 11.8. The van der Waals surface area contributed by atoms with Gasteiger partial charge >= 0.3 is 0 Å². The van der Waals surface area contributed by atoms with E-state index in [2.05, 4.69) is 20.4 Å². The Balaban J connectivity index is 1.40. The van der Waals surface area contributed by atoms with Gasteiger partial charge in [0.15, 0.2) is 4.77 Å². The third kappa shape index (κ3) is 3.76. The zero-order valence-corrected chi connectivity index (χ0v) is 16.0. The lowest BCUT2D eigenvalue weighted by Crippen LogP contribution is -2.47. The van der Waals surface area contributed by atoms with E-state index >= 15 is 0 Å². The van der Waals surface area contributed by atoms with E-state index in [-0.39, 0.29) is 0 Å². The summed E-state index contributed by atoms with van der Waals surface area (Å²) in [6.07, 6.45) is 4.78. The second kappa shape index (κ2) is 7.48. The van der Waals surface area contributed by atoms with Gasteiger partial charge in [0.05, 0.1) is 6.67 Å². The van der Waals surface area contributed by atoms with Crippen molar-refractivity contribution < 1.29 is 0 Å². The molecule has 2 aliphatic rings. The number of aromatic nitrogens is 3. The summed E-state index contributed by atoms with van der Waals surface area (Å²) in [5, 5.41) is 5.59. The van der Waals surface area contributed by atoms with Gasteiger partial charge in [0.2, 0.25) is 0 Å². The maximum absolute atomic E-state index is 6.12. The first kappa shape index (κ1) is 17.1. The molecule has 0 bridgehead atoms. The van der Waals surface area contributed by atoms with Crippen LogP contribution in [0.5, 0.6) is 0 Å². The molecular formula is C18H24ClN5S. The van der Waals surface area contributed by atoms with Gasteiger partial charge in [-0.25, -0.2) is 4.68 Å².